The van der Waals surface area contributed by atoms with Crippen molar-refractivity contribution >= 4 is 17.6 Å². The molecular formula is C20H19F2N5O3. The van der Waals surface area contributed by atoms with E-state index < -0.39 is 29.6 Å². The predicted octanol–water partition coefficient (Wildman–Crippen LogP) is 2.68. The smallest absolute Gasteiger partial charge is 0.319 e. The molecule has 0 spiro atoms. The van der Waals surface area contributed by atoms with Gasteiger partial charge in [-0.05, 0) is 24.3 Å². The van der Waals surface area contributed by atoms with Crippen LogP contribution in [-0.2, 0) is 4.84 Å². The van der Waals surface area contributed by atoms with Crippen LogP contribution in [0.15, 0.2) is 41.6 Å². The van der Waals surface area contributed by atoms with E-state index in [4.69, 9.17) is 14.8 Å². The Bertz CT molecular complexity index is 981. The van der Waals surface area contributed by atoms with Crippen molar-refractivity contribution in [3.05, 3.63) is 59.2 Å². The van der Waals surface area contributed by atoms with E-state index in [9.17, 15) is 13.6 Å². The highest BCUT2D eigenvalue weighted by molar-refractivity contribution is 5.97. The summed E-state index contributed by atoms with van der Waals surface area (Å²) in [5.74, 6) is -2.09. The van der Waals surface area contributed by atoms with Crippen LogP contribution in [0.1, 0.15) is 17.0 Å². The van der Waals surface area contributed by atoms with E-state index in [1.165, 1.54) is 14.2 Å². The van der Waals surface area contributed by atoms with Gasteiger partial charge in [-0.3, -0.25) is 0 Å². The molecule has 2 atom stereocenters. The Kier molecular flexibility index (Phi) is 6.32. The maximum absolute atomic E-state index is 14.6. The average Bonchev–Trinajstić information content (AvgIpc) is 3.10. The fraction of sp³-hybridized carbons (Fsp3) is 0.250. The van der Waals surface area contributed by atoms with Gasteiger partial charge >= 0.3 is 6.03 Å². The summed E-state index contributed by atoms with van der Waals surface area (Å²) in [6.07, 6.45) is 0. The molecule has 2 aromatic carbocycles. The van der Waals surface area contributed by atoms with Gasteiger partial charge in [-0.2, -0.15) is 5.26 Å². The first-order valence-electron chi connectivity index (χ1n) is 8.92. The lowest BCUT2D eigenvalue weighted by molar-refractivity contribution is 0.210. The molecular weight excluding hydrogens is 396 g/mol. The summed E-state index contributed by atoms with van der Waals surface area (Å²) >= 11 is 0. The van der Waals surface area contributed by atoms with E-state index in [1.807, 2.05) is 6.07 Å². The molecule has 0 aromatic heterocycles. The maximum Gasteiger partial charge on any atom is 0.319 e. The summed E-state index contributed by atoms with van der Waals surface area (Å²) in [7, 11) is 2.64. The van der Waals surface area contributed by atoms with Crippen molar-refractivity contribution < 1.29 is 23.1 Å². The molecule has 156 valence electrons. The number of methoxy groups -OCH3 is 1. The van der Waals surface area contributed by atoms with E-state index in [0.29, 0.717) is 11.3 Å². The number of hydrogen-bond acceptors (Lipinski definition) is 5. The molecule has 1 aliphatic rings. The Hall–Kier alpha value is -3.87. The van der Waals surface area contributed by atoms with E-state index in [1.54, 1.807) is 24.3 Å². The minimum Gasteiger partial charge on any atom is -0.497 e. The lowest BCUT2D eigenvalue weighted by atomic mass is 9.92. The molecule has 0 radical (unpaired) electrons. The Morgan fingerprint density at radius 2 is 1.90 bits per heavy atom. The van der Waals surface area contributed by atoms with Crippen LogP contribution in [-0.4, -0.2) is 38.7 Å². The van der Waals surface area contributed by atoms with Crippen LogP contribution in [0.5, 0.6) is 5.75 Å². The van der Waals surface area contributed by atoms with Gasteiger partial charge in [-0.25, -0.2) is 13.6 Å². The Morgan fingerprint density at radius 3 is 2.47 bits per heavy atom. The molecule has 0 unspecified atom stereocenters. The second-order valence-corrected chi connectivity index (χ2v) is 6.42. The largest absolute Gasteiger partial charge is 0.497 e. The number of halogens is 2. The van der Waals surface area contributed by atoms with Crippen molar-refractivity contribution in [1.82, 2.24) is 10.6 Å². The predicted molar refractivity (Wildman–Crippen MR) is 105 cm³/mol. The molecule has 0 saturated carbocycles. The van der Waals surface area contributed by atoms with Gasteiger partial charge < -0.3 is 25.5 Å². The van der Waals surface area contributed by atoms with Crippen LogP contribution < -0.4 is 20.7 Å². The number of anilines is 1. The van der Waals surface area contributed by atoms with Crippen LogP contribution in [0.2, 0.25) is 0 Å². The van der Waals surface area contributed by atoms with Crippen molar-refractivity contribution in [3.63, 3.8) is 0 Å². The zero-order valence-electron chi connectivity index (χ0n) is 16.2. The minimum atomic E-state index is -0.874. The average molecular weight is 415 g/mol. The number of nitriles is 1. The van der Waals surface area contributed by atoms with Crippen LogP contribution in [0.3, 0.4) is 0 Å². The van der Waals surface area contributed by atoms with Gasteiger partial charge in [0.25, 0.3) is 0 Å². The van der Waals surface area contributed by atoms with Gasteiger partial charge in [-0.15, -0.1) is 0 Å². The molecule has 8 nitrogen and oxygen atoms in total. The maximum atomic E-state index is 14.6. The Labute approximate surface area is 171 Å². The number of amidine groups is 1. The normalized spacial score (nSPS) is 19.0. The highest BCUT2D eigenvalue weighted by atomic mass is 19.1. The van der Waals surface area contributed by atoms with Gasteiger partial charge in [0, 0.05) is 35.8 Å². The molecule has 1 saturated heterocycles. The zero-order valence-corrected chi connectivity index (χ0v) is 16.2. The quantitative estimate of drug-likeness (QED) is 0.651. The van der Waals surface area contributed by atoms with Gasteiger partial charge in [-0.1, -0.05) is 5.16 Å². The van der Waals surface area contributed by atoms with Crippen LogP contribution in [0, 0.1) is 23.0 Å². The monoisotopic (exact) mass is 415 g/mol. The van der Waals surface area contributed by atoms with Gasteiger partial charge in [0.05, 0.1) is 18.7 Å². The number of urea groups is 1. The number of carbonyl (C=O) groups is 1. The molecule has 3 rings (SSSR count). The van der Waals surface area contributed by atoms with Gasteiger partial charge in [0.1, 0.15) is 30.5 Å². The summed E-state index contributed by atoms with van der Waals surface area (Å²) in [5.41, 5.74) is 0.690. The third-order valence-corrected chi connectivity index (χ3v) is 4.61. The molecule has 2 amide bonds. The number of amides is 2. The lowest BCUT2D eigenvalue weighted by Crippen LogP contribution is -2.45. The van der Waals surface area contributed by atoms with Gasteiger partial charge in [0.2, 0.25) is 0 Å². The van der Waals surface area contributed by atoms with Crippen LogP contribution >= 0.6 is 0 Å². The van der Waals surface area contributed by atoms with E-state index in [-0.39, 0.29) is 23.7 Å². The SMILES string of the molecule is CO/N=C1\NC[C@@H](c2c(F)cc(OC)cc2F)[C@@H]1NC(=O)Nc1ccc(C#N)cc1. The van der Waals surface area contributed by atoms with E-state index in [2.05, 4.69) is 21.1 Å². The first-order valence-corrected chi connectivity index (χ1v) is 8.92. The molecule has 1 fully saturated rings. The Morgan fingerprint density at radius 1 is 1.23 bits per heavy atom. The molecule has 0 bridgehead atoms. The molecule has 1 aliphatic heterocycles. The number of oxime groups is 1. The van der Waals surface area contributed by atoms with Crippen molar-refractivity contribution in [2.24, 2.45) is 5.16 Å². The summed E-state index contributed by atoms with van der Waals surface area (Å²) < 4.78 is 34.1. The fourth-order valence-corrected chi connectivity index (χ4v) is 3.23. The lowest BCUT2D eigenvalue weighted by Gasteiger charge is -2.21. The molecule has 0 aliphatic carbocycles. The van der Waals surface area contributed by atoms with Crippen molar-refractivity contribution in [2.75, 3.05) is 26.1 Å². The minimum absolute atomic E-state index is 0.0496. The number of ether oxygens (including phenoxy) is 1. The van der Waals surface area contributed by atoms with Crippen molar-refractivity contribution in [2.45, 2.75) is 12.0 Å². The first-order chi connectivity index (χ1) is 14.5. The standard InChI is InChI=1S/C20H19F2N5O3/c1-29-13-7-15(21)17(16(22)8-13)14-10-24-19(27-30-2)18(14)26-20(28)25-12-5-3-11(9-23)4-6-12/h3-8,14,18H,10H2,1-2H3,(H,24,27)(H2,25,26,28)/t14-,18-/m0/s1. The van der Waals surface area contributed by atoms with E-state index in [0.717, 1.165) is 12.1 Å². The highest BCUT2D eigenvalue weighted by Gasteiger charge is 2.39. The first kappa shape index (κ1) is 20.9. The van der Waals surface area contributed by atoms with Crippen molar-refractivity contribution in [1.29, 1.82) is 5.26 Å². The molecule has 30 heavy (non-hydrogen) atoms. The van der Waals surface area contributed by atoms with Gasteiger partial charge in [0.15, 0.2) is 5.84 Å². The molecule has 10 heteroatoms. The number of nitrogens with one attached hydrogen (secondary N) is 3. The summed E-state index contributed by atoms with van der Waals surface area (Å²) in [6.45, 7) is 0.129. The second-order valence-electron chi connectivity index (χ2n) is 6.42. The highest BCUT2D eigenvalue weighted by Crippen LogP contribution is 2.31. The number of rotatable bonds is 5. The van der Waals surface area contributed by atoms with Crippen LogP contribution in [0.25, 0.3) is 0 Å². The molecule has 1 heterocycles. The van der Waals surface area contributed by atoms with Crippen LogP contribution in [0.4, 0.5) is 19.3 Å². The third-order valence-electron chi connectivity index (χ3n) is 4.61. The second kappa shape index (κ2) is 9.09. The number of carbonyl (C=O) groups excluding carboxylic acids is 1. The number of hydrogen-bond donors (Lipinski definition) is 3. The molecule has 3 N–H and O–H groups in total. The third kappa shape index (κ3) is 4.41. The van der Waals surface area contributed by atoms with E-state index >= 15 is 0 Å². The summed E-state index contributed by atoms with van der Waals surface area (Å²) in [6, 6.07) is 8.89. The molecule has 2 aromatic rings. The number of nitrogens with zero attached hydrogens (tertiary/aromatic N) is 2. The summed E-state index contributed by atoms with van der Waals surface area (Å²) in [4.78, 5) is 17.3. The topological polar surface area (TPSA) is 108 Å². The number of benzene rings is 2. The fourth-order valence-electron chi connectivity index (χ4n) is 3.23. The summed E-state index contributed by atoms with van der Waals surface area (Å²) in [5, 5.41) is 20.8. The Balaban J connectivity index is 1.84. The van der Waals surface area contributed by atoms with Crippen molar-refractivity contribution in [3.8, 4) is 11.8 Å². The zero-order chi connectivity index (χ0) is 21.7.